The number of aryl methyl sites for hydroxylation is 1. The van der Waals surface area contributed by atoms with Crippen LogP contribution in [0.5, 0.6) is 17.5 Å². The van der Waals surface area contributed by atoms with Gasteiger partial charge in [-0.15, -0.1) is 5.10 Å². The maximum atomic E-state index is 13.0. The molecule has 5 rings (SSSR count). The summed E-state index contributed by atoms with van der Waals surface area (Å²) < 4.78 is 59.4. The number of nitrogens with zero attached hydrogens (tertiary/aromatic N) is 7. The molecule has 1 aliphatic rings. The van der Waals surface area contributed by atoms with Crippen LogP contribution in [0.1, 0.15) is 27.2 Å². The van der Waals surface area contributed by atoms with Crippen LogP contribution in [0.15, 0.2) is 36.9 Å². The van der Waals surface area contributed by atoms with Crippen molar-refractivity contribution in [3.63, 3.8) is 0 Å². The van der Waals surface area contributed by atoms with E-state index in [4.69, 9.17) is 14.2 Å². The highest BCUT2D eigenvalue weighted by Crippen LogP contribution is 2.39. The zero-order chi connectivity index (χ0) is 29.4. The number of ether oxygens (including phenoxy) is 3. The number of halogens is 3. The fourth-order valence-corrected chi connectivity index (χ4v) is 4.17. The van der Waals surface area contributed by atoms with Crippen LogP contribution in [0.2, 0.25) is 0 Å². The Labute approximate surface area is 233 Å². The average molecular weight is 575 g/mol. The quantitative estimate of drug-likeness (QED) is 0.358. The molecule has 0 aromatic carbocycles. The number of aliphatic hydroxyl groups is 1. The highest BCUT2D eigenvalue weighted by atomic mass is 19.4. The molecular weight excluding hydrogens is 545 g/mol. The van der Waals surface area contributed by atoms with Gasteiger partial charge in [-0.3, -0.25) is 4.68 Å². The Kier molecular flexibility index (Phi) is 7.46. The third-order valence-electron chi connectivity index (χ3n) is 5.93. The summed E-state index contributed by atoms with van der Waals surface area (Å²) in [5, 5.41) is 21.8. The predicted molar refractivity (Wildman–Crippen MR) is 141 cm³/mol. The molecule has 12 nitrogen and oxygen atoms in total. The van der Waals surface area contributed by atoms with Gasteiger partial charge in [-0.05, 0) is 26.8 Å². The number of alkyl halides is 3. The first-order chi connectivity index (χ1) is 19.3. The molecule has 41 heavy (non-hydrogen) atoms. The molecule has 0 fully saturated rings. The minimum absolute atomic E-state index is 0.0123. The Morgan fingerprint density at radius 2 is 1.95 bits per heavy atom. The van der Waals surface area contributed by atoms with Crippen LogP contribution in [0.4, 0.5) is 24.8 Å². The van der Waals surface area contributed by atoms with Crippen LogP contribution in [0.25, 0.3) is 22.5 Å². The van der Waals surface area contributed by atoms with Crippen LogP contribution < -0.4 is 19.5 Å². The van der Waals surface area contributed by atoms with Gasteiger partial charge in [0.2, 0.25) is 11.8 Å². The molecule has 2 N–H and O–H groups in total. The maximum Gasteiger partial charge on any atom is 0.422 e. The van der Waals surface area contributed by atoms with Gasteiger partial charge in [0.15, 0.2) is 12.4 Å². The van der Waals surface area contributed by atoms with Gasteiger partial charge in [-0.25, -0.2) is 19.6 Å². The lowest BCUT2D eigenvalue weighted by molar-refractivity contribution is -0.154. The van der Waals surface area contributed by atoms with Crippen LogP contribution in [0.3, 0.4) is 0 Å². The minimum atomic E-state index is -4.58. The third-order valence-corrected chi connectivity index (χ3v) is 5.93. The van der Waals surface area contributed by atoms with Crippen molar-refractivity contribution < 1.29 is 32.5 Å². The van der Waals surface area contributed by atoms with Gasteiger partial charge in [-0.1, -0.05) is 0 Å². The highest BCUT2D eigenvalue weighted by molar-refractivity contribution is 5.75. The van der Waals surface area contributed by atoms with Crippen LogP contribution in [0, 0.1) is 0 Å². The van der Waals surface area contributed by atoms with Crippen molar-refractivity contribution in [3.05, 3.63) is 36.9 Å². The largest absolute Gasteiger partial charge is 0.490 e. The second-order valence-corrected chi connectivity index (χ2v) is 10.3. The van der Waals surface area contributed by atoms with Crippen LogP contribution >= 0.6 is 0 Å². The summed E-state index contributed by atoms with van der Waals surface area (Å²) in [4.78, 5) is 13.4. The second kappa shape index (κ2) is 10.9. The van der Waals surface area contributed by atoms with Crippen molar-refractivity contribution in [1.82, 2.24) is 34.5 Å². The Morgan fingerprint density at radius 1 is 1.15 bits per heavy atom. The van der Waals surface area contributed by atoms with Gasteiger partial charge in [-0.2, -0.15) is 18.3 Å². The smallest absolute Gasteiger partial charge is 0.422 e. The number of aromatic nitrogens is 7. The molecule has 15 heteroatoms. The Hall–Kier alpha value is -4.40. The van der Waals surface area contributed by atoms with Crippen molar-refractivity contribution in [1.29, 1.82) is 0 Å². The average Bonchev–Trinajstić information content (AvgIpc) is 3.44. The highest BCUT2D eigenvalue weighted by Gasteiger charge is 2.31. The van der Waals surface area contributed by atoms with Gasteiger partial charge in [0, 0.05) is 43.7 Å². The van der Waals surface area contributed by atoms with E-state index >= 15 is 0 Å². The molecule has 0 saturated carbocycles. The fourth-order valence-electron chi connectivity index (χ4n) is 4.17. The van der Waals surface area contributed by atoms with Gasteiger partial charge in [0.25, 0.3) is 0 Å². The monoisotopic (exact) mass is 574 g/mol. The Balaban J connectivity index is 1.56. The fraction of sp³-hybridized carbons (Fsp3) is 0.423. The first kappa shape index (κ1) is 28.1. The van der Waals surface area contributed by atoms with Crippen LogP contribution in [-0.2, 0) is 13.6 Å². The summed E-state index contributed by atoms with van der Waals surface area (Å²) in [7, 11) is 1.75. The van der Waals surface area contributed by atoms with E-state index in [1.807, 2.05) is 6.92 Å². The summed E-state index contributed by atoms with van der Waals surface area (Å²) in [5.74, 6) is 1.77. The second-order valence-electron chi connectivity index (χ2n) is 10.3. The molecule has 5 heterocycles. The maximum absolute atomic E-state index is 13.0. The molecule has 4 bridgehead atoms. The number of anilines is 2. The SMILES string of the molecule is C[C@H]1CCOc2c(cnn2C)-c2nccc(n2)Nc2cc(c(-c3cn(CC(C)(C)O)nc3OCC(F)(F)F)cn2)O1. The molecule has 4 aromatic rings. The summed E-state index contributed by atoms with van der Waals surface area (Å²) in [6.45, 7) is 3.73. The molecule has 0 unspecified atom stereocenters. The summed E-state index contributed by atoms with van der Waals surface area (Å²) in [5.41, 5.74) is 0.0209. The van der Waals surface area contributed by atoms with Crippen molar-refractivity contribution in [2.75, 3.05) is 18.5 Å². The molecule has 4 aromatic heterocycles. The lowest BCUT2D eigenvalue weighted by Crippen LogP contribution is -2.26. The van der Waals surface area contributed by atoms with E-state index in [2.05, 4.69) is 30.5 Å². The predicted octanol–water partition coefficient (Wildman–Crippen LogP) is 4.14. The van der Waals surface area contributed by atoms with E-state index in [0.717, 1.165) is 0 Å². The molecule has 218 valence electrons. The van der Waals surface area contributed by atoms with Crippen molar-refractivity contribution in [3.8, 4) is 40.0 Å². The van der Waals surface area contributed by atoms with Crippen LogP contribution in [-0.4, -0.2) is 70.7 Å². The zero-order valence-electron chi connectivity index (χ0n) is 22.8. The standard InChI is InChI=1S/C26H29F3N8O4/c1-15-6-8-39-24-17(11-32-36(24)4)22-30-7-5-20(34-22)33-21-9-19(41-15)16(10-31-21)18-12-37(13-25(2,3)38)35-23(18)40-14-26(27,28)29/h5,7,9-12,15,38H,6,8,13-14H2,1-4H3,(H,30,31,33,34)/t15-/m0/s1. The topological polar surface area (TPSA) is 134 Å². The number of pyridine rings is 1. The molecule has 0 saturated heterocycles. The third kappa shape index (κ3) is 6.85. The number of hydrogen-bond acceptors (Lipinski definition) is 10. The number of fused-ring (bicyclic) bond motifs is 6. The van der Waals surface area contributed by atoms with E-state index in [1.165, 1.54) is 17.1 Å². The first-order valence-corrected chi connectivity index (χ1v) is 12.8. The van der Waals surface area contributed by atoms with E-state index in [-0.39, 0.29) is 30.7 Å². The van der Waals surface area contributed by atoms with Crippen molar-refractivity contribution in [2.45, 2.75) is 51.6 Å². The van der Waals surface area contributed by atoms with Gasteiger partial charge < -0.3 is 24.6 Å². The molecule has 0 amide bonds. The molecule has 1 atom stereocenters. The van der Waals surface area contributed by atoms with Gasteiger partial charge >= 0.3 is 6.18 Å². The van der Waals surface area contributed by atoms with E-state index < -0.39 is 18.4 Å². The summed E-state index contributed by atoms with van der Waals surface area (Å²) in [6, 6.07) is 3.28. The first-order valence-electron chi connectivity index (χ1n) is 12.8. The number of hydrogen-bond donors (Lipinski definition) is 2. The lowest BCUT2D eigenvalue weighted by atomic mass is 10.1. The number of rotatable bonds is 5. The molecule has 0 radical (unpaired) electrons. The molecule has 1 aliphatic heterocycles. The summed E-state index contributed by atoms with van der Waals surface area (Å²) in [6.07, 6.45) is 1.68. The van der Waals surface area contributed by atoms with E-state index in [0.29, 0.717) is 46.6 Å². The molecule has 0 aliphatic carbocycles. The number of nitrogens with one attached hydrogen (secondary N) is 1. The van der Waals surface area contributed by atoms with E-state index in [9.17, 15) is 18.3 Å². The van der Waals surface area contributed by atoms with Gasteiger partial charge in [0.05, 0.1) is 36.6 Å². The summed E-state index contributed by atoms with van der Waals surface area (Å²) >= 11 is 0. The van der Waals surface area contributed by atoms with Crippen molar-refractivity contribution in [2.24, 2.45) is 7.05 Å². The Morgan fingerprint density at radius 3 is 2.71 bits per heavy atom. The molecular formula is C26H29F3N8O4. The normalized spacial score (nSPS) is 15.7. The van der Waals surface area contributed by atoms with Crippen molar-refractivity contribution >= 4 is 11.6 Å². The minimum Gasteiger partial charge on any atom is -0.490 e. The van der Waals surface area contributed by atoms with E-state index in [1.54, 1.807) is 50.1 Å². The molecule has 0 spiro atoms. The zero-order valence-corrected chi connectivity index (χ0v) is 22.8. The van der Waals surface area contributed by atoms with Gasteiger partial charge in [0.1, 0.15) is 22.9 Å². The lowest BCUT2D eigenvalue weighted by Gasteiger charge is -2.19. The Bertz CT molecular complexity index is 1530.